The van der Waals surface area contributed by atoms with Crippen LogP contribution in [0.1, 0.15) is 34.9 Å². The molecule has 6 heteroatoms. The van der Waals surface area contributed by atoms with Gasteiger partial charge in [0.15, 0.2) is 6.04 Å². The molecule has 0 spiro atoms. The summed E-state index contributed by atoms with van der Waals surface area (Å²) in [5.41, 5.74) is 1.69. The van der Waals surface area contributed by atoms with Gasteiger partial charge < -0.3 is 15.3 Å². The predicted octanol–water partition coefficient (Wildman–Crippen LogP) is 2.24. The average molecular weight is 325 g/mol. The van der Waals surface area contributed by atoms with E-state index in [1.165, 1.54) is 0 Å². The van der Waals surface area contributed by atoms with Crippen LogP contribution in [0.15, 0.2) is 48.7 Å². The zero-order valence-corrected chi connectivity index (χ0v) is 13.2. The van der Waals surface area contributed by atoms with Gasteiger partial charge in [-0.2, -0.15) is 0 Å². The van der Waals surface area contributed by atoms with Crippen LogP contribution in [-0.4, -0.2) is 35.1 Å². The van der Waals surface area contributed by atoms with Crippen LogP contribution in [0.25, 0.3) is 0 Å². The third kappa shape index (κ3) is 3.53. The van der Waals surface area contributed by atoms with Crippen molar-refractivity contribution in [1.29, 1.82) is 0 Å². The highest BCUT2D eigenvalue weighted by Crippen LogP contribution is 2.20. The lowest BCUT2D eigenvalue weighted by Gasteiger charge is -2.18. The number of aromatic nitrogens is 1. The first kappa shape index (κ1) is 16.0. The summed E-state index contributed by atoms with van der Waals surface area (Å²) in [5, 5.41) is 12.0. The Morgan fingerprint density at radius 3 is 2.50 bits per heavy atom. The van der Waals surface area contributed by atoms with Gasteiger partial charge in [0.1, 0.15) is 5.69 Å². The topological polar surface area (TPSA) is 82.5 Å². The summed E-state index contributed by atoms with van der Waals surface area (Å²) >= 11 is 0. The second-order valence-electron chi connectivity index (χ2n) is 5.75. The number of aliphatic carboxylic acids is 1. The zero-order valence-electron chi connectivity index (χ0n) is 13.2. The van der Waals surface area contributed by atoms with Crippen molar-refractivity contribution < 1.29 is 14.7 Å². The standard InChI is InChI=1S/C18H19N3O3/c22-17(20-16(18(23)24)13-6-2-1-3-7-13)15-12-14(8-9-19-15)21-10-4-5-11-21/h1-3,6-9,12,16H,4-5,10-11H2,(H,20,22)(H,23,24)/t16-/m0/s1. The molecule has 0 saturated carbocycles. The predicted molar refractivity (Wildman–Crippen MR) is 90.0 cm³/mol. The highest BCUT2D eigenvalue weighted by molar-refractivity contribution is 5.96. The monoisotopic (exact) mass is 325 g/mol. The molecular formula is C18H19N3O3. The third-order valence-corrected chi connectivity index (χ3v) is 4.10. The fourth-order valence-corrected chi connectivity index (χ4v) is 2.85. The number of rotatable bonds is 5. The summed E-state index contributed by atoms with van der Waals surface area (Å²) < 4.78 is 0. The van der Waals surface area contributed by atoms with E-state index in [4.69, 9.17) is 0 Å². The number of benzene rings is 1. The average Bonchev–Trinajstić information content (AvgIpc) is 3.15. The minimum absolute atomic E-state index is 0.224. The lowest BCUT2D eigenvalue weighted by Crippen LogP contribution is -2.34. The largest absolute Gasteiger partial charge is 0.479 e. The van der Waals surface area contributed by atoms with Crippen molar-refractivity contribution in [2.24, 2.45) is 0 Å². The van der Waals surface area contributed by atoms with Gasteiger partial charge in [0.05, 0.1) is 0 Å². The Balaban J connectivity index is 1.78. The van der Waals surface area contributed by atoms with E-state index >= 15 is 0 Å². The minimum atomic E-state index is -1.11. The molecule has 1 saturated heterocycles. The molecule has 1 amide bonds. The van der Waals surface area contributed by atoms with E-state index in [2.05, 4.69) is 15.2 Å². The number of carbonyl (C=O) groups is 2. The number of nitrogens with one attached hydrogen (secondary N) is 1. The molecule has 124 valence electrons. The van der Waals surface area contributed by atoms with Crippen molar-refractivity contribution in [2.45, 2.75) is 18.9 Å². The summed E-state index contributed by atoms with van der Waals surface area (Å²) in [7, 11) is 0. The van der Waals surface area contributed by atoms with E-state index in [1.54, 1.807) is 42.6 Å². The van der Waals surface area contributed by atoms with Gasteiger partial charge >= 0.3 is 5.97 Å². The first-order chi connectivity index (χ1) is 11.6. The first-order valence-electron chi connectivity index (χ1n) is 7.95. The van der Waals surface area contributed by atoms with Gasteiger partial charge in [-0.1, -0.05) is 30.3 Å². The number of hydrogen-bond acceptors (Lipinski definition) is 4. The van der Waals surface area contributed by atoms with Crippen molar-refractivity contribution in [1.82, 2.24) is 10.3 Å². The number of amides is 1. The molecule has 1 fully saturated rings. The molecule has 3 rings (SSSR count). The number of nitrogens with zero attached hydrogens (tertiary/aromatic N) is 2. The maximum atomic E-state index is 12.4. The van der Waals surface area contributed by atoms with E-state index in [1.807, 2.05) is 6.07 Å². The second-order valence-corrected chi connectivity index (χ2v) is 5.75. The molecule has 0 unspecified atom stereocenters. The highest BCUT2D eigenvalue weighted by atomic mass is 16.4. The lowest BCUT2D eigenvalue weighted by atomic mass is 10.1. The number of pyridine rings is 1. The van der Waals surface area contributed by atoms with E-state index in [0.29, 0.717) is 5.56 Å². The van der Waals surface area contributed by atoms with E-state index in [-0.39, 0.29) is 5.69 Å². The van der Waals surface area contributed by atoms with Gasteiger partial charge in [-0.15, -0.1) is 0 Å². The Labute approximate surface area is 140 Å². The lowest BCUT2D eigenvalue weighted by molar-refractivity contribution is -0.139. The fraction of sp³-hybridized carbons (Fsp3) is 0.278. The molecule has 2 N–H and O–H groups in total. The molecule has 2 heterocycles. The number of carboxylic acids is 1. The van der Waals surface area contributed by atoms with Crippen molar-refractivity contribution >= 4 is 17.6 Å². The minimum Gasteiger partial charge on any atom is -0.479 e. The maximum Gasteiger partial charge on any atom is 0.330 e. The van der Waals surface area contributed by atoms with Crippen molar-refractivity contribution in [3.63, 3.8) is 0 Å². The van der Waals surface area contributed by atoms with Gasteiger partial charge in [0, 0.05) is 25.0 Å². The fourth-order valence-electron chi connectivity index (χ4n) is 2.85. The van der Waals surface area contributed by atoms with Gasteiger partial charge in [0.2, 0.25) is 0 Å². The smallest absolute Gasteiger partial charge is 0.330 e. The van der Waals surface area contributed by atoms with Crippen LogP contribution in [0.3, 0.4) is 0 Å². The molecule has 0 bridgehead atoms. The van der Waals surface area contributed by atoms with Gasteiger partial charge in [-0.25, -0.2) is 4.79 Å². The third-order valence-electron chi connectivity index (χ3n) is 4.10. The van der Waals surface area contributed by atoms with E-state index in [0.717, 1.165) is 31.6 Å². The van der Waals surface area contributed by atoms with Crippen LogP contribution in [0.2, 0.25) is 0 Å². The molecule has 1 aliphatic rings. The quantitative estimate of drug-likeness (QED) is 0.881. The van der Waals surface area contributed by atoms with Crippen LogP contribution in [0.5, 0.6) is 0 Å². The molecule has 0 radical (unpaired) electrons. The summed E-state index contributed by atoms with van der Waals surface area (Å²) in [6.07, 6.45) is 3.86. The van der Waals surface area contributed by atoms with Crippen LogP contribution in [0, 0.1) is 0 Å². The first-order valence-corrected chi connectivity index (χ1v) is 7.95. The normalized spacial score (nSPS) is 15.1. The summed E-state index contributed by atoms with van der Waals surface area (Å²) in [4.78, 5) is 30.2. The highest BCUT2D eigenvalue weighted by Gasteiger charge is 2.23. The number of hydrogen-bond donors (Lipinski definition) is 2. The zero-order chi connectivity index (χ0) is 16.9. The Bertz CT molecular complexity index is 727. The van der Waals surface area contributed by atoms with Crippen LogP contribution in [-0.2, 0) is 4.79 Å². The summed E-state index contributed by atoms with van der Waals surface area (Å²) in [6.45, 7) is 1.93. The SMILES string of the molecule is O=C(N[C@H](C(=O)O)c1ccccc1)c1cc(N2CCCC2)ccn1. The van der Waals surface area contributed by atoms with E-state index in [9.17, 15) is 14.7 Å². The molecule has 1 aromatic heterocycles. The van der Waals surface area contributed by atoms with Crippen molar-refractivity contribution in [2.75, 3.05) is 18.0 Å². The Morgan fingerprint density at radius 1 is 1.12 bits per heavy atom. The molecule has 1 atom stereocenters. The van der Waals surface area contributed by atoms with Gasteiger partial charge in [-0.05, 0) is 30.5 Å². The maximum absolute atomic E-state index is 12.4. The summed E-state index contributed by atoms with van der Waals surface area (Å²) in [6, 6.07) is 11.1. The number of anilines is 1. The number of carbonyl (C=O) groups excluding carboxylic acids is 1. The van der Waals surface area contributed by atoms with Gasteiger partial charge in [-0.3, -0.25) is 9.78 Å². The molecule has 6 nitrogen and oxygen atoms in total. The number of carboxylic acid groups (broad SMARTS) is 1. The van der Waals surface area contributed by atoms with Crippen LogP contribution >= 0.6 is 0 Å². The molecule has 2 aromatic rings. The molecule has 0 aliphatic carbocycles. The van der Waals surface area contributed by atoms with E-state index < -0.39 is 17.9 Å². The Morgan fingerprint density at radius 2 is 1.83 bits per heavy atom. The summed E-state index contributed by atoms with van der Waals surface area (Å²) in [5.74, 6) is -1.60. The second kappa shape index (κ2) is 7.12. The molecule has 1 aromatic carbocycles. The van der Waals surface area contributed by atoms with Gasteiger partial charge in [0.25, 0.3) is 5.91 Å². The molecular weight excluding hydrogens is 306 g/mol. The molecule has 24 heavy (non-hydrogen) atoms. The van der Waals surface area contributed by atoms with Crippen LogP contribution in [0.4, 0.5) is 5.69 Å². The molecule has 1 aliphatic heterocycles. The van der Waals surface area contributed by atoms with Crippen molar-refractivity contribution in [3.8, 4) is 0 Å². The Kier molecular flexibility index (Phi) is 4.74. The van der Waals surface area contributed by atoms with Crippen molar-refractivity contribution in [3.05, 3.63) is 59.9 Å². The Hall–Kier alpha value is -2.89. The van der Waals surface area contributed by atoms with Crippen LogP contribution < -0.4 is 10.2 Å².